The minimum atomic E-state index is -0.127. The molecule has 0 radical (unpaired) electrons. The van der Waals surface area contributed by atoms with Crippen molar-refractivity contribution in [3.05, 3.63) is 92.6 Å². The third-order valence-electron chi connectivity index (χ3n) is 4.39. The Morgan fingerprint density at radius 2 is 1.81 bits per heavy atom. The number of nitrogens with one attached hydrogen (secondary N) is 2. The molecule has 0 amide bonds. The monoisotopic (exact) mass is 379 g/mol. The van der Waals surface area contributed by atoms with Crippen LogP contribution >= 0.6 is 11.6 Å². The van der Waals surface area contributed by atoms with Gasteiger partial charge in [0.25, 0.3) is 11.3 Å². The van der Waals surface area contributed by atoms with Gasteiger partial charge in [0.2, 0.25) is 0 Å². The summed E-state index contributed by atoms with van der Waals surface area (Å²) in [5.74, 6) is 0.973. The van der Waals surface area contributed by atoms with Gasteiger partial charge in [-0.05, 0) is 24.6 Å². The van der Waals surface area contributed by atoms with Crippen molar-refractivity contribution in [1.82, 2.24) is 19.6 Å². The predicted octanol–water partition coefficient (Wildman–Crippen LogP) is 3.58. The molecule has 6 nitrogen and oxygen atoms in total. The topological polar surface area (TPSA) is 75.1 Å². The van der Waals surface area contributed by atoms with Crippen molar-refractivity contribution >= 4 is 23.1 Å². The Labute approximate surface area is 160 Å². The van der Waals surface area contributed by atoms with Gasteiger partial charge in [-0.15, -0.1) is 0 Å². The number of hydrogen-bond acceptors (Lipinski definition) is 4. The Hall–Kier alpha value is -3.12. The van der Waals surface area contributed by atoms with Gasteiger partial charge >= 0.3 is 0 Å². The van der Waals surface area contributed by atoms with E-state index in [1.54, 1.807) is 0 Å². The lowest BCUT2D eigenvalue weighted by atomic mass is 10.1. The summed E-state index contributed by atoms with van der Waals surface area (Å²) in [5.41, 5.74) is 3.10. The molecule has 2 heterocycles. The van der Waals surface area contributed by atoms with E-state index in [-0.39, 0.29) is 5.56 Å². The summed E-state index contributed by atoms with van der Waals surface area (Å²) in [6.07, 6.45) is 0.535. The highest BCUT2D eigenvalue weighted by molar-refractivity contribution is 6.33. The van der Waals surface area contributed by atoms with Crippen LogP contribution in [-0.2, 0) is 13.0 Å². The number of rotatable bonds is 5. The molecule has 0 atom stereocenters. The molecule has 0 saturated heterocycles. The Kier molecular flexibility index (Phi) is 4.64. The maximum atomic E-state index is 12.9. The fourth-order valence-corrected chi connectivity index (χ4v) is 3.17. The smallest absolute Gasteiger partial charge is 0.277 e. The van der Waals surface area contributed by atoms with Crippen LogP contribution in [0, 0.1) is 6.92 Å². The number of benzene rings is 2. The molecule has 2 aromatic heterocycles. The van der Waals surface area contributed by atoms with Gasteiger partial charge in [0.15, 0.2) is 0 Å². The molecule has 0 unspecified atom stereocenters. The minimum absolute atomic E-state index is 0.127. The second-order valence-corrected chi connectivity index (χ2v) is 6.69. The number of hydrogen-bond donors (Lipinski definition) is 2. The highest BCUT2D eigenvalue weighted by atomic mass is 35.5. The minimum Gasteiger partial charge on any atom is -0.377 e. The molecular weight excluding hydrogens is 362 g/mol. The number of fused-ring (bicyclic) bond motifs is 1. The Morgan fingerprint density at radius 3 is 2.59 bits per heavy atom. The van der Waals surface area contributed by atoms with Crippen LogP contribution in [-0.4, -0.2) is 19.6 Å². The van der Waals surface area contributed by atoms with Crippen LogP contribution in [0.3, 0.4) is 0 Å². The number of halogens is 1. The lowest BCUT2D eigenvalue weighted by Gasteiger charge is -2.05. The number of anilines is 1. The number of H-pyrrole nitrogens is 1. The molecule has 0 aliphatic rings. The quantitative estimate of drug-likeness (QED) is 0.555. The highest BCUT2D eigenvalue weighted by Gasteiger charge is 2.14. The zero-order chi connectivity index (χ0) is 18.8. The van der Waals surface area contributed by atoms with Crippen LogP contribution < -0.4 is 10.9 Å². The van der Waals surface area contributed by atoms with Crippen LogP contribution in [0.15, 0.2) is 59.4 Å². The highest BCUT2D eigenvalue weighted by Crippen LogP contribution is 2.20. The lowest BCUT2D eigenvalue weighted by Crippen LogP contribution is -2.22. The SMILES string of the molecule is Cc1nc2nc(CNc3ccccc3Cl)[nH]n2c(=O)c1Cc1ccccc1. The fraction of sp³-hybridized carbons (Fsp3) is 0.150. The van der Waals surface area contributed by atoms with E-state index < -0.39 is 0 Å². The van der Waals surface area contributed by atoms with Crippen LogP contribution in [0.1, 0.15) is 22.6 Å². The number of para-hydroxylation sites is 1. The van der Waals surface area contributed by atoms with Crippen molar-refractivity contribution in [3.63, 3.8) is 0 Å². The Morgan fingerprint density at radius 1 is 1.07 bits per heavy atom. The first kappa shape index (κ1) is 17.3. The molecule has 27 heavy (non-hydrogen) atoms. The summed E-state index contributed by atoms with van der Waals surface area (Å²) < 4.78 is 1.40. The van der Waals surface area contributed by atoms with E-state index in [4.69, 9.17) is 11.6 Å². The first-order valence-electron chi connectivity index (χ1n) is 8.61. The van der Waals surface area contributed by atoms with Crippen LogP contribution in [0.2, 0.25) is 5.02 Å². The fourth-order valence-electron chi connectivity index (χ4n) is 2.96. The van der Waals surface area contributed by atoms with Gasteiger partial charge in [-0.1, -0.05) is 54.1 Å². The van der Waals surface area contributed by atoms with Gasteiger partial charge in [-0.2, -0.15) is 9.50 Å². The third kappa shape index (κ3) is 3.57. The van der Waals surface area contributed by atoms with Crippen molar-refractivity contribution in [2.75, 3.05) is 5.32 Å². The van der Waals surface area contributed by atoms with Crippen molar-refractivity contribution in [1.29, 1.82) is 0 Å². The summed E-state index contributed by atoms with van der Waals surface area (Å²) in [6, 6.07) is 17.3. The molecule has 0 spiro atoms. The standard InChI is InChI=1S/C20H18ClN5O/c1-13-15(11-14-7-3-2-4-8-14)19(27)26-20(23-13)24-18(25-26)12-22-17-10-6-5-9-16(17)21/h2-10,22H,11-12H2,1H3,(H,23,24,25). The average Bonchev–Trinajstić information content (AvgIpc) is 3.08. The molecule has 136 valence electrons. The molecule has 0 bridgehead atoms. The van der Waals surface area contributed by atoms with E-state index in [0.717, 1.165) is 11.3 Å². The van der Waals surface area contributed by atoms with Gasteiger partial charge in [-0.3, -0.25) is 9.89 Å². The van der Waals surface area contributed by atoms with E-state index >= 15 is 0 Å². The average molecular weight is 380 g/mol. The van der Waals surface area contributed by atoms with Gasteiger partial charge in [0, 0.05) is 12.0 Å². The summed E-state index contributed by atoms with van der Waals surface area (Å²) in [5, 5.41) is 6.87. The van der Waals surface area contributed by atoms with E-state index in [1.165, 1.54) is 4.52 Å². The Bertz CT molecular complexity index is 1150. The van der Waals surface area contributed by atoms with Crippen LogP contribution in [0.5, 0.6) is 0 Å². The van der Waals surface area contributed by atoms with Gasteiger partial charge in [0.1, 0.15) is 5.82 Å². The van der Waals surface area contributed by atoms with E-state index in [1.807, 2.05) is 61.5 Å². The third-order valence-corrected chi connectivity index (χ3v) is 4.71. The number of aryl methyl sites for hydroxylation is 1. The van der Waals surface area contributed by atoms with Gasteiger partial charge < -0.3 is 5.32 Å². The molecule has 0 saturated carbocycles. The molecule has 2 aromatic carbocycles. The maximum absolute atomic E-state index is 12.9. The number of aromatic amines is 1. The molecule has 0 fully saturated rings. The second-order valence-electron chi connectivity index (χ2n) is 6.28. The van der Waals surface area contributed by atoms with Crippen molar-refractivity contribution in [2.45, 2.75) is 19.9 Å². The molecular formula is C20H18ClN5O. The van der Waals surface area contributed by atoms with Crippen molar-refractivity contribution in [2.24, 2.45) is 0 Å². The summed E-state index contributed by atoms with van der Waals surface area (Å²) >= 11 is 6.15. The molecule has 2 N–H and O–H groups in total. The summed E-state index contributed by atoms with van der Waals surface area (Å²) in [7, 11) is 0. The normalized spacial score (nSPS) is 11.0. The summed E-state index contributed by atoms with van der Waals surface area (Å²) in [4.78, 5) is 21.8. The van der Waals surface area contributed by atoms with Crippen LogP contribution in [0.25, 0.3) is 5.78 Å². The summed E-state index contributed by atoms with van der Waals surface area (Å²) in [6.45, 7) is 2.25. The molecule has 4 rings (SSSR count). The van der Waals surface area contributed by atoms with Crippen LogP contribution in [0.4, 0.5) is 5.69 Å². The lowest BCUT2D eigenvalue weighted by molar-refractivity contribution is 0.832. The predicted molar refractivity (Wildman–Crippen MR) is 106 cm³/mol. The number of nitrogens with zero attached hydrogens (tertiary/aromatic N) is 3. The zero-order valence-electron chi connectivity index (χ0n) is 14.7. The molecule has 0 aliphatic heterocycles. The van der Waals surface area contributed by atoms with E-state index in [0.29, 0.717) is 40.8 Å². The first-order chi connectivity index (χ1) is 13.1. The van der Waals surface area contributed by atoms with E-state index in [2.05, 4.69) is 20.4 Å². The Balaban J connectivity index is 1.63. The van der Waals surface area contributed by atoms with Crippen molar-refractivity contribution in [3.8, 4) is 0 Å². The number of aromatic nitrogens is 4. The molecule has 0 aliphatic carbocycles. The van der Waals surface area contributed by atoms with E-state index in [9.17, 15) is 4.79 Å². The zero-order valence-corrected chi connectivity index (χ0v) is 15.5. The molecule has 4 aromatic rings. The van der Waals surface area contributed by atoms with Gasteiger partial charge in [-0.25, -0.2) is 4.98 Å². The largest absolute Gasteiger partial charge is 0.377 e. The molecule has 7 heteroatoms. The van der Waals surface area contributed by atoms with Crippen molar-refractivity contribution < 1.29 is 0 Å². The second kappa shape index (κ2) is 7.25. The van der Waals surface area contributed by atoms with Gasteiger partial charge in [0.05, 0.1) is 22.9 Å². The first-order valence-corrected chi connectivity index (χ1v) is 8.99. The maximum Gasteiger partial charge on any atom is 0.277 e.